The van der Waals surface area contributed by atoms with Crippen molar-refractivity contribution in [3.05, 3.63) is 400 Å². The van der Waals surface area contributed by atoms with Gasteiger partial charge >= 0.3 is 0 Å². The molecule has 5 nitrogen and oxygen atoms in total. The second kappa shape index (κ2) is 26.0. The topological polar surface area (TPSA) is 29.5 Å². The molecule has 6 heteroatoms. The average Bonchev–Trinajstić information content (AvgIpc) is 1.60. The van der Waals surface area contributed by atoms with Crippen LogP contribution in [0.1, 0.15) is 0 Å². The molecule has 506 valence electrons. The molecule has 21 aromatic rings. The molecular weight excluding hydrogens is 1330 g/mol. The minimum absolute atomic E-state index is 0.894. The summed E-state index contributed by atoms with van der Waals surface area (Å²) in [6.45, 7) is 0. The quantitative estimate of drug-likeness (QED) is 0.109. The number of aromatic nitrogens is 2. The van der Waals surface area contributed by atoms with Crippen molar-refractivity contribution in [1.82, 2.24) is 9.13 Å². The van der Waals surface area contributed by atoms with Crippen LogP contribution in [-0.4, -0.2) is 9.13 Å². The number of thiophene rings is 1. The fourth-order valence-corrected chi connectivity index (χ4v) is 17.7. The molecule has 0 spiro atoms. The zero-order chi connectivity index (χ0) is 71.2. The third kappa shape index (κ3) is 10.8. The molecule has 0 N–H and O–H groups in total. The van der Waals surface area contributed by atoms with E-state index in [9.17, 15) is 0 Å². The lowest BCUT2D eigenvalue weighted by Crippen LogP contribution is -2.09. The summed E-state index contributed by atoms with van der Waals surface area (Å²) in [6, 6.07) is 146. The van der Waals surface area contributed by atoms with Crippen molar-refractivity contribution in [2.45, 2.75) is 0 Å². The molecule has 0 saturated carbocycles. The Kier molecular flexibility index (Phi) is 15.0. The smallest absolute Gasteiger partial charge is 0.143 e. The standard InChI is InChI=1S/C102H66N4OS/c1-4-18-77(19-5-1)103(80-53-40-69(41-54-80)74-48-61-97-92(64-74)87-24-10-13-31-95(87)105(97)78-20-6-2-7-21-78)81-55-44-71(45-56-81)76-50-63-100-94(66-76)91-30-17-28-86(102(91)108-100)73-36-34-67(35-37-73)68-38-51-82(52-39-68)104(84-59-46-72(47-60-84)85-27-16-29-90-89-26-12-15-33-99(89)107-101(85)90)83-57-42-70(43-58-83)75-49-62-98-93(65-75)88-25-11-14-32-96(88)106(98)79-22-8-3-9-23-79/h1-66H. The maximum atomic E-state index is 6.53. The molecule has 0 bridgehead atoms. The number of hydrogen-bond donors (Lipinski definition) is 0. The highest BCUT2D eigenvalue weighted by atomic mass is 32.1. The molecule has 0 atom stereocenters. The molecule has 0 amide bonds. The number of benzene rings is 17. The zero-order valence-corrected chi connectivity index (χ0v) is 59.5. The molecule has 4 heterocycles. The van der Waals surface area contributed by atoms with Crippen LogP contribution in [-0.2, 0) is 0 Å². The van der Waals surface area contributed by atoms with Crippen LogP contribution in [0.4, 0.5) is 34.1 Å². The average molecular weight is 1400 g/mol. The number of anilines is 6. The third-order valence-corrected chi connectivity index (χ3v) is 23.0. The van der Waals surface area contributed by atoms with E-state index < -0.39 is 0 Å². The lowest BCUT2D eigenvalue weighted by atomic mass is 9.98. The Labute approximate surface area is 628 Å². The molecule has 108 heavy (non-hydrogen) atoms. The number of furan rings is 1. The van der Waals surface area contributed by atoms with E-state index in [1.165, 1.54) is 103 Å². The van der Waals surface area contributed by atoms with Crippen molar-refractivity contribution in [2.24, 2.45) is 0 Å². The first-order valence-corrected chi connectivity index (χ1v) is 37.7. The molecule has 21 rings (SSSR count). The number of rotatable bonds is 14. The van der Waals surface area contributed by atoms with Gasteiger partial charge in [0, 0.05) is 104 Å². The molecule has 4 aromatic heterocycles. The van der Waals surface area contributed by atoms with Crippen molar-refractivity contribution >= 4 is 131 Å². The van der Waals surface area contributed by atoms with Crippen LogP contribution < -0.4 is 9.80 Å². The van der Waals surface area contributed by atoms with E-state index in [4.69, 9.17) is 4.42 Å². The third-order valence-electron chi connectivity index (χ3n) is 21.8. The van der Waals surface area contributed by atoms with Crippen LogP contribution in [0.3, 0.4) is 0 Å². The van der Waals surface area contributed by atoms with Gasteiger partial charge in [0.15, 0.2) is 0 Å². The van der Waals surface area contributed by atoms with Crippen molar-refractivity contribution in [3.63, 3.8) is 0 Å². The van der Waals surface area contributed by atoms with E-state index in [-0.39, 0.29) is 0 Å². The van der Waals surface area contributed by atoms with Crippen LogP contribution in [0.15, 0.2) is 405 Å². The van der Waals surface area contributed by atoms with Crippen LogP contribution in [0.5, 0.6) is 0 Å². The molecule has 17 aromatic carbocycles. The van der Waals surface area contributed by atoms with Gasteiger partial charge in [-0.15, -0.1) is 11.3 Å². The number of fused-ring (bicyclic) bond motifs is 12. The highest BCUT2D eigenvalue weighted by molar-refractivity contribution is 7.26. The predicted octanol–water partition coefficient (Wildman–Crippen LogP) is 29.1. The number of nitrogens with zero attached hydrogens (tertiary/aromatic N) is 4. The summed E-state index contributed by atoms with van der Waals surface area (Å²) in [5.41, 5.74) is 29.3. The summed E-state index contributed by atoms with van der Waals surface area (Å²) < 4.78 is 13.8. The summed E-state index contributed by atoms with van der Waals surface area (Å²) >= 11 is 1.87. The Morgan fingerprint density at radius 2 is 0.546 bits per heavy atom. The van der Waals surface area contributed by atoms with Gasteiger partial charge < -0.3 is 23.4 Å². The van der Waals surface area contributed by atoms with Crippen molar-refractivity contribution in [3.8, 4) is 78.1 Å². The van der Waals surface area contributed by atoms with E-state index in [1.54, 1.807) is 0 Å². The molecule has 0 unspecified atom stereocenters. The van der Waals surface area contributed by atoms with Crippen molar-refractivity contribution in [2.75, 3.05) is 9.80 Å². The Morgan fingerprint density at radius 1 is 0.213 bits per heavy atom. The summed E-state index contributed by atoms with van der Waals surface area (Å²) in [5, 5.41) is 9.74. The minimum Gasteiger partial charge on any atom is -0.455 e. The van der Waals surface area contributed by atoms with Gasteiger partial charge in [-0.3, -0.25) is 0 Å². The summed E-state index contributed by atoms with van der Waals surface area (Å²) in [4.78, 5) is 4.71. The molecule has 0 saturated heterocycles. The molecular formula is C102H66N4OS. The van der Waals surface area contributed by atoms with E-state index >= 15 is 0 Å². The van der Waals surface area contributed by atoms with Gasteiger partial charge in [-0.1, -0.05) is 249 Å². The Morgan fingerprint density at radius 3 is 1.05 bits per heavy atom. The van der Waals surface area contributed by atoms with Crippen molar-refractivity contribution < 1.29 is 4.42 Å². The second-order valence-electron chi connectivity index (χ2n) is 27.9. The first-order chi connectivity index (χ1) is 53.5. The van der Waals surface area contributed by atoms with Gasteiger partial charge in [0.2, 0.25) is 0 Å². The van der Waals surface area contributed by atoms with Crippen LogP contribution in [0, 0.1) is 0 Å². The van der Waals surface area contributed by atoms with E-state index in [0.29, 0.717) is 0 Å². The first-order valence-electron chi connectivity index (χ1n) is 36.8. The van der Waals surface area contributed by atoms with Gasteiger partial charge in [-0.25, -0.2) is 0 Å². The Hall–Kier alpha value is -14.0. The van der Waals surface area contributed by atoms with Crippen LogP contribution in [0.2, 0.25) is 0 Å². The maximum Gasteiger partial charge on any atom is 0.143 e. The Bertz CT molecular complexity index is 6980. The predicted molar refractivity (Wildman–Crippen MR) is 457 cm³/mol. The zero-order valence-electron chi connectivity index (χ0n) is 58.7. The van der Waals surface area contributed by atoms with Gasteiger partial charge in [-0.2, -0.15) is 0 Å². The highest BCUT2D eigenvalue weighted by Crippen LogP contribution is 2.46. The fraction of sp³-hybridized carbons (Fsp3) is 0. The first kappa shape index (κ1) is 62.5. The van der Waals surface area contributed by atoms with Gasteiger partial charge in [-0.05, 0) is 213 Å². The summed E-state index contributed by atoms with van der Waals surface area (Å²) in [6.07, 6.45) is 0. The second-order valence-corrected chi connectivity index (χ2v) is 29.0. The molecule has 0 aliphatic carbocycles. The minimum atomic E-state index is 0.894. The number of para-hydroxylation sites is 7. The van der Waals surface area contributed by atoms with Crippen LogP contribution >= 0.6 is 11.3 Å². The summed E-state index contributed by atoms with van der Waals surface area (Å²) in [7, 11) is 0. The largest absolute Gasteiger partial charge is 0.455 e. The highest BCUT2D eigenvalue weighted by Gasteiger charge is 2.21. The maximum absolute atomic E-state index is 6.53. The Balaban J connectivity index is 0.557. The van der Waals surface area contributed by atoms with Crippen molar-refractivity contribution in [1.29, 1.82) is 0 Å². The van der Waals surface area contributed by atoms with Crippen LogP contribution in [0.25, 0.3) is 164 Å². The fourth-order valence-electron chi connectivity index (χ4n) is 16.5. The molecule has 0 fully saturated rings. The summed E-state index contributed by atoms with van der Waals surface area (Å²) in [5.74, 6) is 0. The molecule has 0 aliphatic rings. The molecule has 0 aliphatic heterocycles. The van der Waals surface area contributed by atoms with Gasteiger partial charge in [0.1, 0.15) is 11.2 Å². The lowest BCUT2D eigenvalue weighted by molar-refractivity contribution is 0.670. The SMILES string of the molecule is c1ccc(N(c2ccc(-c3ccc4sc5c(-c6ccc(-c7ccc(N(c8ccc(-c9ccc%10c(c9)c9ccccc9n%10-c9ccccc9)cc8)c8ccc(-c9cccc%10c9oc9ccccc9%10)cc8)cc7)cc6)cccc5c4c3)cc2)c2ccc(-c3ccc4c(c3)c3ccccc3n4-c3ccccc3)cc2)cc1. The molecule has 0 radical (unpaired) electrons. The van der Waals surface area contributed by atoms with E-state index in [1.807, 2.05) is 23.5 Å². The normalized spacial score (nSPS) is 11.7. The monoisotopic (exact) mass is 1390 g/mol. The van der Waals surface area contributed by atoms with E-state index in [2.05, 4.69) is 407 Å². The van der Waals surface area contributed by atoms with Gasteiger partial charge in [0.25, 0.3) is 0 Å². The number of hydrogen-bond acceptors (Lipinski definition) is 4. The lowest BCUT2D eigenvalue weighted by Gasteiger charge is -2.26. The van der Waals surface area contributed by atoms with E-state index in [0.717, 1.165) is 95.3 Å². The van der Waals surface area contributed by atoms with Gasteiger partial charge in [0.05, 0.1) is 22.1 Å².